The Kier molecular flexibility index (Phi) is 3.59. The number of hydrogen-bond donors (Lipinski definition) is 0. The highest BCUT2D eigenvalue weighted by molar-refractivity contribution is 5.92. The molecule has 1 aliphatic carbocycles. The van der Waals surface area contributed by atoms with Crippen LogP contribution in [-0.2, 0) is 9.53 Å². The number of carbonyl (C=O) groups excluding carboxylic acids is 1. The molecule has 14 heavy (non-hydrogen) atoms. The van der Waals surface area contributed by atoms with Gasteiger partial charge in [-0.15, -0.1) is 0 Å². The fourth-order valence-corrected chi connectivity index (χ4v) is 2.12. The van der Waals surface area contributed by atoms with Crippen LogP contribution in [-0.4, -0.2) is 24.9 Å². The highest BCUT2D eigenvalue weighted by Crippen LogP contribution is 2.45. The fraction of sp³-hybridized carbons (Fsp3) is 0.900. The van der Waals surface area contributed by atoms with Crippen LogP contribution in [0.25, 0.3) is 0 Å². The van der Waals surface area contributed by atoms with Crippen molar-refractivity contribution in [2.24, 2.45) is 5.41 Å². The minimum absolute atomic E-state index is 0.154. The molecule has 0 aromatic rings. The predicted octanol–water partition coefficient (Wildman–Crippen LogP) is 2.42. The van der Waals surface area contributed by atoms with Crippen LogP contribution >= 0.6 is 0 Å². The summed E-state index contributed by atoms with van der Waals surface area (Å²) < 4.78 is 28.8. The van der Waals surface area contributed by atoms with Crippen molar-refractivity contribution < 1.29 is 18.3 Å². The van der Waals surface area contributed by atoms with E-state index in [-0.39, 0.29) is 11.9 Å². The van der Waals surface area contributed by atoms with Gasteiger partial charge in [0.15, 0.2) is 0 Å². The lowest BCUT2D eigenvalue weighted by Crippen LogP contribution is -2.55. The van der Waals surface area contributed by atoms with E-state index in [0.29, 0.717) is 19.3 Å². The van der Waals surface area contributed by atoms with E-state index < -0.39 is 18.4 Å². The van der Waals surface area contributed by atoms with Crippen molar-refractivity contribution >= 4 is 5.78 Å². The summed E-state index contributed by atoms with van der Waals surface area (Å²) in [6.07, 6.45) is -1.09. The molecule has 0 aromatic heterocycles. The summed E-state index contributed by atoms with van der Waals surface area (Å²) in [4.78, 5) is 11.4. The van der Waals surface area contributed by atoms with Gasteiger partial charge < -0.3 is 4.74 Å². The highest BCUT2D eigenvalue weighted by Gasteiger charge is 2.52. The summed E-state index contributed by atoms with van der Waals surface area (Å²) >= 11 is 0. The van der Waals surface area contributed by atoms with Gasteiger partial charge in [-0.3, -0.25) is 4.79 Å². The average molecular weight is 206 g/mol. The standard InChI is InChI=1S/C10H16F2O2/c1-3-10(4-2)7(13)5-8(10)14-6-9(11)12/h8-9H,3-6H2,1-2H3. The third kappa shape index (κ3) is 1.80. The molecule has 1 atom stereocenters. The van der Waals surface area contributed by atoms with Gasteiger partial charge in [0.1, 0.15) is 12.4 Å². The molecule has 0 aromatic carbocycles. The summed E-state index contributed by atoms with van der Waals surface area (Å²) in [6, 6.07) is 0. The van der Waals surface area contributed by atoms with Crippen molar-refractivity contribution in [3.05, 3.63) is 0 Å². The van der Waals surface area contributed by atoms with Gasteiger partial charge in [0, 0.05) is 6.42 Å². The minimum atomic E-state index is -2.45. The van der Waals surface area contributed by atoms with Gasteiger partial charge in [-0.25, -0.2) is 8.78 Å². The van der Waals surface area contributed by atoms with Crippen molar-refractivity contribution in [1.82, 2.24) is 0 Å². The number of rotatable bonds is 5. The summed E-state index contributed by atoms with van der Waals surface area (Å²) in [6.45, 7) is 3.25. The molecular formula is C10H16F2O2. The maximum absolute atomic E-state index is 11.9. The van der Waals surface area contributed by atoms with E-state index >= 15 is 0 Å². The summed E-state index contributed by atoms with van der Waals surface area (Å²) in [5, 5.41) is 0. The van der Waals surface area contributed by atoms with Crippen LogP contribution in [0.15, 0.2) is 0 Å². The monoisotopic (exact) mass is 206 g/mol. The maximum Gasteiger partial charge on any atom is 0.261 e. The molecule has 0 radical (unpaired) electrons. The molecule has 2 nitrogen and oxygen atoms in total. The van der Waals surface area contributed by atoms with Crippen LogP contribution in [0.4, 0.5) is 8.78 Å². The zero-order chi connectivity index (χ0) is 10.8. The van der Waals surface area contributed by atoms with Crippen LogP contribution in [0.1, 0.15) is 33.1 Å². The topological polar surface area (TPSA) is 26.3 Å². The molecule has 82 valence electrons. The van der Waals surface area contributed by atoms with Gasteiger partial charge in [-0.1, -0.05) is 13.8 Å². The van der Waals surface area contributed by atoms with Gasteiger partial charge in [-0.2, -0.15) is 0 Å². The first kappa shape index (κ1) is 11.6. The quantitative estimate of drug-likeness (QED) is 0.690. The first-order chi connectivity index (χ1) is 6.56. The van der Waals surface area contributed by atoms with Gasteiger partial charge in [0.2, 0.25) is 0 Å². The number of Topliss-reactive ketones (excluding diaryl/α,β-unsaturated/α-hetero) is 1. The van der Waals surface area contributed by atoms with E-state index in [4.69, 9.17) is 4.74 Å². The van der Waals surface area contributed by atoms with Crippen LogP contribution in [0.5, 0.6) is 0 Å². The minimum Gasteiger partial charge on any atom is -0.371 e. The molecular weight excluding hydrogens is 190 g/mol. The Morgan fingerprint density at radius 2 is 2.07 bits per heavy atom. The summed E-state index contributed by atoms with van der Waals surface area (Å²) in [5.74, 6) is 0.154. The van der Waals surface area contributed by atoms with E-state index in [1.807, 2.05) is 13.8 Å². The third-order valence-electron chi connectivity index (χ3n) is 3.23. The number of carbonyl (C=O) groups is 1. The molecule has 0 amide bonds. The number of halogens is 2. The Morgan fingerprint density at radius 1 is 1.50 bits per heavy atom. The highest BCUT2D eigenvalue weighted by atomic mass is 19.3. The summed E-state index contributed by atoms with van der Waals surface area (Å²) in [7, 11) is 0. The second-order valence-electron chi connectivity index (χ2n) is 3.70. The Labute approximate surface area is 82.6 Å². The van der Waals surface area contributed by atoms with Gasteiger partial charge in [-0.05, 0) is 12.8 Å². The normalized spacial score (nSPS) is 25.2. The molecule has 1 unspecified atom stereocenters. The number of ketones is 1. The first-order valence-corrected chi connectivity index (χ1v) is 4.99. The molecule has 0 bridgehead atoms. The molecule has 0 N–H and O–H groups in total. The molecule has 4 heteroatoms. The third-order valence-corrected chi connectivity index (χ3v) is 3.23. The molecule has 0 spiro atoms. The van der Waals surface area contributed by atoms with Gasteiger partial charge in [0.05, 0.1) is 11.5 Å². The predicted molar refractivity (Wildman–Crippen MR) is 48.4 cm³/mol. The Balaban J connectivity index is 2.51. The lowest BCUT2D eigenvalue weighted by Gasteiger charge is -2.46. The van der Waals surface area contributed by atoms with E-state index in [1.54, 1.807) is 0 Å². The Morgan fingerprint density at radius 3 is 2.43 bits per heavy atom. The SMILES string of the molecule is CCC1(CC)C(=O)CC1OCC(F)F. The first-order valence-electron chi connectivity index (χ1n) is 4.99. The van der Waals surface area contributed by atoms with Crippen molar-refractivity contribution in [3.63, 3.8) is 0 Å². The van der Waals surface area contributed by atoms with Crippen LogP contribution in [0.2, 0.25) is 0 Å². The lowest BCUT2D eigenvalue weighted by atomic mass is 9.61. The second kappa shape index (κ2) is 4.34. The molecule has 1 rings (SSSR count). The molecule has 0 saturated heterocycles. The molecule has 1 saturated carbocycles. The van der Waals surface area contributed by atoms with E-state index in [9.17, 15) is 13.6 Å². The zero-order valence-corrected chi connectivity index (χ0v) is 8.56. The lowest BCUT2D eigenvalue weighted by molar-refractivity contribution is -0.170. The fourth-order valence-electron chi connectivity index (χ4n) is 2.12. The number of ether oxygens (including phenoxy) is 1. The van der Waals surface area contributed by atoms with E-state index in [1.165, 1.54) is 0 Å². The average Bonchev–Trinajstić information content (AvgIpc) is 2.14. The van der Waals surface area contributed by atoms with Crippen molar-refractivity contribution in [1.29, 1.82) is 0 Å². The molecule has 0 heterocycles. The largest absolute Gasteiger partial charge is 0.371 e. The van der Waals surface area contributed by atoms with Crippen molar-refractivity contribution in [2.45, 2.75) is 45.6 Å². The van der Waals surface area contributed by atoms with E-state index in [2.05, 4.69) is 0 Å². The Hall–Kier alpha value is -0.510. The Bertz CT molecular complexity index is 212. The van der Waals surface area contributed by atoms with Crippen LogP contribution < -0.4 is 0 Å². The van der Waals surface area contributed by atoms with E-state index in [0.717, 1.165) is 0 Å². The molecule has 1 fully saturated rings. The number of hydrogen-bond acceptors (Lipinski definition) is 2. The smallest absolute Gasteiger partial charge is 0.261 e. The van der Waals surface area contributed by atoms with Crippen molar-refractivity contribution in [2.75, 3.05) is 6.61 Å². The summed E-state index contributed by atoms with van der Waals surface area (Å²) in [5.41, 5.74) is -0.477. The molecule has 0 aliphatic heterocycles. The number of alkyl halides is 2. The second-order valence-corrected chi connectivity index (χ2v) is 3.70. The maximum atomic E-state index is 11.9. The van der Waals surface area contributed by atoms with Gasteiger partial charge in [0.25, 0.3) is 6.43 Å². The van der Waals surface area contributed by atoms with Crippen LogP contribution in [0.3, 0.4) is 0 Å². The van der Waals surface area contributed by atoms with Gasteiger partial charge >= 0.3 is 0 Å². The molecule has 1 aliphatic rings. The van der Waals surface area contributed by atoms with Crippen LogP contribution in [0, 0.1) is 5.41 Å². The zero-order valence-electron chi connectivity index (χ0n) is 8.56. The van der Waals surface area contributed by atoms with Crippen molar-refractivity contribution in [3.8, 4) is 0 Å².